The lowest BCUT2D eigenvalue weighted by Gasteiger charge is -2.26. The highest BCUT2D eigenvalue weighted by Crippen LogP contribution is 2.50. The first-order chi connectivity index (χ1) is 9.49. The summed E-state index contributed by atoms with van der Waals surface area (Å²) in [5.41, 5.74) is 1.14. The highest BCUT2D eigenvalue weighted by Gasteiger charge is 2.48. The zero-order valence-electron chi connectivity index (χ0n) is 11.8. The van der Waals surface area contributed by atoms with Gasteiger partial charge < -0.3 is 4.90 Å². The van der Waals surface area contributed by atoms with Gasteiger partial charge in [-0.3, -0.25) is 4.79 Å². The van der Waals surface area contributed by atoms with Crippen molar-refractivity contribution in [2.24, 2.45) is 5.92 Å². The van der Waals surface area contributed by atoms with Gasteiger partial charge in [0.25, 0.3) is 0 Å². The van der Waals surface area contributed by atoms with E-state index < -0.39 is 0 Å². The van der Waals surface area contributed by atoms with Crippen molar-refractivity contribution in [3.63, 3.8) is 0 Å². The molecular formula is C16H19Cl2NO. The molecule has 1 aromatic rings. The van der Waals surface area contributed by atoms with E-state index in [0.717, 1.165) is 24.8 Å². The number of carbonyl (C=O) groups is 1. The Kier molecular flexibility index (Phi) is 3.72. The molecule has 20 heavy (non-hydrogen) atoms. The van der Waals surface area contributed by atoms with Crippen LogP contribution in [0.2, 0.25) is 10.0 Å². The SMILES string of the molecule is C[C@@H]1CC[C@H](C)N1C(=O)[C@@H]1C[C@@H]1c1ccc(Cl)c(Cl)c1. The van der Waals surface area contributed by atoms with Crippen molar-refractivity contribution in [1.29, 1.82) is 0 Å². The standard InChI is InChI=1S/C16H19Cl2NO/c1-9-3-4-10(2)19(9)16(20)13-8-12(13)11-5-6-14(17)15(18)7-11/h5-7,9-10,12-13H,3-4,8H2,1-2H3/t9-,10+,12-,13-/m1/s1. The van der Waals surface area contributed by atoms with Crippen LogP contribution in [-0.4, -0.2) is 22.9 Å². The third-order valence-corrected chi connectivity index (χ3v) is 5.42. The monoisotopic (exact) mass is 311 g/mol. The molecule has 1 saturated carbocycles. The topological polar surface area (TPSA) is 20.3 Å². The second-order valence-electron chi connectivity index (χ2n) is 6.14. The third-order valence-electron chi connectivity index (χ3n) is 4.69. The second-order valence-corrected chi connectivity index (χ2v) is 6.96. The van der Waals surface area contributed by atoms with Crippen LogP contribution in [0, 0.1) is 5.92 Å². The van der Waals surface area contributed by atoms with Crippen molar-refractivity contribution in [2.45, 2.75) is 51.1 Å². The fourth-order valence-corrected chi connectivity index (χ4v) is 3.71. The predicted molar refractivity (Wildman–Crippen MR) is 82.3 cm³/mol. The molecule has 1 heterocycles. The number of amides is 1. The summed E-state index contributed by atoms with van der Waals surface area (Å²) in [6.07, 6.45) is 3.18. The number of nitrogens with zero attached hydrogens (tertiary/aromatic N) is 1. The average molecular weight is 312 g/mol. The first-order valence-corrected chi connectivity index (χ1v) is 8.01. The smallest absolute Gasteiger partial charge is 0.226 e. The van der Waals surface area contributed by atoms with Gasteiger partial charge in [0.2, 0.25) is 5.91 Å². The molecule has 0 N–H and O–H groups in total. The van der Waals surface area contributed by atoms with E-state index in [9.17, 15) is 4.79 Å². The Morgan fingerprint density at radius 1 is 1.15 bits per heavy atom. The summed E-state index contributed by atoms with van der Waals surface area (Å²) in [4.78, 5) is 14.7. The maximum absolute atomic E-state index is 12.6. The maximum Gasteiger partial charge on any atom is 0.226 e. The first kappa shape index (κ1) is 14.2. The van der Waals surface area contributed by atoms with Gasteiger partial charge in [0, 0.05) is 18.0 Å². The van der Waals surface area contributed by atoms with Crippen molar-refractivity contribution in [3.8, 4) is 0 Å². The Morgan fingerprint density at radius 2 is 1.80 bits per heavy atom. The Balaban J connectivity index is 1.72. The lowest BCUT2D eigenvalue weighted by atomic mass is 10.1. The van der Waals surface area contributed by atoms with Gasteiger partial charge in [0.15, 0.2) is 0 Å². The van der Waals surface area contributed by atoms with Gasteiger partial charge in [0.1, 0.15) is 0 Å². The summed E-state index contributed by atoms with van der Waals surface area (Å²) in [6, 6.07) is 6.47. The van der Waals surface area contributed by atoms with Gasteiger partial charge >= 0.3 is 0 Å². The van der Waals surface area contributed by atoms with Crippen molar-refractivity contribution < 1.29 is 4.79 Å². The minimum Gasteiger partial charge on any atom is -0.337 e. The second kappa shape index (κ2) is 5.23. The van der Waals surface area contributed by atoms with E-state index in [1.54, 1.807) is 0 Å². The lowest BCUT2D eigenvalue weighted by molar-refractivity contribution is -0.134. The van der Waals surface area contributed by atoms with Crippen LogP contribution in [0.15, 0.2) is 18.2 Å². The zero-order valence-corrected chi connectivity index (χ0v) is 13.3. The molecule has 1 saturated heterocycles. The van der Waals surface area contributed by atoms with Gasteiger partial charge in [-0.1, -0.05) is 29.3 Å². The summed E-state index contributed by atoms with van der Waals surface area (Å²) < 4.78 is 0. The van der Waals surface area contributed by atoms with E-state index >= 15 is 0 Å². The molecule has 0 bridgehead atoms. The predicted octanol–water partition coefficient (Wildman–Crippen LogP) is 4.50. The van der Waals surface area contributed by atoms with Crippen LogP contribution in [0.5, 0.6) is 0 Å². The van der Waals surface area contributed by atoms with Gasteiger partial charge in [-0.25, -0.2) is 0 Å². The molecule has 1 amide bonds. The molecule has 1 aromatic carbocycles. The van der Waals surface area contributed by atoms with E-state index in [0.29, 0.717) is 34.0 Å². The quantitative estimate of drug-likeness (QED) is 0.787. The molecule has 0 aromatic heterocycles. The highest BCUT2D eigenvalue weighted by atomic mass is 35.5. The normalized spacial score (nSPS) is 32.5. The molecule has 0 unspecified atom stereocenters. The largest absolute Gasteiger partial charge is 0.337 e. The van der Waals surface area contributed by atoms with Gasteiger partial charge in [0.05, 0.1) is 10.0 Å². The Hall–Kier alpha value is -0.730. The number of rotatable bonds is 2. The summed E-state index contributed by atoms with van der Waals surface area (Å²) >= 11 is 12.0. The number of likely N-dealkylation sites (tertiary alicyclic amines) is 1. The van der Waals surface area contributed by atoms with Crippen LogP contribution < -0.4 is 0 Å². The number of hydrogen-bond acceptors (Lipinski definition) is 1. The fourth-order valence-electron chi connectivity index (χ4n) is 3.40. The maximum atomic E-state index is 12.6. The van der Waals surface area contributed by atoms with E-state index in [-0.39, 0.29) is 5.92 Å². The number of halogens is 2. The van der Waals surface area contributed by atoms with Crippen LogP contribution in [-0.2, 0) is 4.79 Å². The molecule has 0 radical (unpaired) electrons. The lowest BCUT2D eigenvalue weighted by Crippen LogP contribution is -2.39. The molecule has 4 heteroatoms. The van der Waals surface area contributed by atoms with Crippen LogP contribution in [0.3, 0.4) is 0 Å². The number of benzene rings is 1. The van der Waals surface area contributed by atoms with Crippen molar-refractivity contribution in [2.75, 3.05) is 0 Å². The molecule has 4 atom stereocenters. The average Bonchev–Trinajstić information content (AvgIpc) is 3.13. The molecule has 0 spiro atoms. The van der Waals surface area contributed by atoms with Gasteiger partial charge in [-0.15, -0.1) is 0 Å². The summed E-state index contributed by atoms with van der Waals surface area (Å²) in [7, 11) is 0. The molecule has 108 valence electrons. The number of carbonyl (C=O) groups excluding carboxylic acids is 1. The minimum atomic E-state index is 0.134. The summed E-state index contributed by atoms with van der Waals surface area (Å²) in [5, 5.41) is 1.14. The van der Waals surface area contributed by atoms with E-state index in [1.807, 2.05) is 18.2 Å². The summed E-state index contributed by atoms with van der Waals surface area (Å²) in [6.45, 7) is 4.30. The minimum absolute atomic E-state index is 0.134. The van der Waals surface area contributed by atoms with E-state index in [1.165, 1.54) is 0 Å². The first-order valence-electron chi connectivity index (χ1n) is 7.26. The highest BCUT2D eigenvalue weighted by molar-refractivity contribution is 6.42. The van der Waals surface area contributed by atoms with Crippen molar-refractivity contribution in [1.82, 2.24) is 4.90 Å². The van der Waals surface area contributed by atoms with E-state index in [2.05, 4.69) is 18.7 Å². The third kappa shape index (κ3) is 2.44. The number of hydrogen-bond donors (Lipinski definition) is 0. The van der Waals surface area contributed by atoms with Crippen LogP contribution in [0.4, 0.5) is 0 Å². The van der Waals surface area contributed by atoms with Crippen molar-refractivity contribution >= 4 is 29.1 Å². The van der Waals surface area contributed by atoms with Crippen LogP contribution in [0.25, 0.3) is 0 Å². The zero-order chi connectivity index (χ0) is 14.4. The molecule has 3 rings (SSSR count). The van der Waals surface area contributed by atoms with Crippen LogP contribution >= 0.6 is 23.2 Å². The van der Waals surface area contributed by atoms with Crippen LogP contribution in [0.1, 0.15) is 44.6 Å². The van der Waals surface area contributed by atoms with Crippen molar-refractivity contribution in [3.05, 3.63) is 33.8 Å². The molecule has 2 nitrogen and oxygen atoms in total. The molecule has 2 aliphatic rings. The Morgan fingerprint density at radius 3 is 2.40 bits per heavy atom. The molecule has 1 aliphatic carbocycles. The fraction of sp³-hybridized carbons (Fsp3) is 0.562. The molecule has 2 fully saturated rings. The molecule has 1 aliphatic heterocycles. The summed E-state index contributed by atoms with van der Waals surface area (Å²) in [5.74, 6) is 0.770. The van der Waals surface area contributed by atoms with Gasteiger partial charge in [-0.2, -0.15) is 0 Å². The van der Waals surface area contributed by atoms with E-state index in [4.69, 9.17) is 23.2 Å². The van der Waals surface area contributed by atoms with Gasteiger partial charge in [-0.05, 0) is 56.7 Å². The Bertz CT molecular complexity index is 535. The Labute approximate surface area is 130 Å². The molecular weight excluding hydrogens is 293 g/mol.